The molecular formula is C19H23N3O2. The van der Waals surface area contributed by atoms with Crippen LogP contribution in [0.25, 0.3) is 11.3 Å². The van der Waals surface area contributed by atoms with Gasteiger partial charge in [0.2, 0.25) is 0 Å². The standard InChI is InChI=1S/C19H23N3O2/c1-11-14(19(23)24-2)9-15(16-10-20-22-21-16)18(13-7-4-8-13)17(11)12-5-3-6-12/h9-10,12-13H,3-8H2,1-2H3,(H,20,21,22). The number of H-pyrrole nitrogens is 1. The Kier molecular flexibility index (Phi) is 3.87. The average Bonchev–Trinajstić information content (AvgIpc) is 3.00. The van der Waals surface area contributed by atoms with Crippen molar-refractivity contribution in [3.8, 4) is 11.3 Å². The molecule has 5 heteroatoms. The third-order valence-electron chi connectivity index (χ3n) is 5.80. The van der Waals surface area contributed by atoms with Gasteiger partial charge in [0.25, 0.3) is 0 Å². The van der Waals surface area contributed by atoms with Crippen LogP contribution in [0.2, 0.25) is 0 Å². The first-order valence-electron chi connectivity index (χ1n) is 8.82. The van der Waals surface area contributed by atoms with E-state index in [1.165, 1.54) is 56.8 Å². The second-order valence-corrected chi connectivity index (χ2v) is 7.03. The van der Waals surface area contributed by atoms with Crippen LogP contribution >= 0.6 is 0 Å². The van der Waals surface area contributed by atoms with Gasteiger partial charge in [0.1, 0.15) is 5.69 Å². The third-order valence-corrected chi connectivity index (χ3v) is 5.80. The first-order valence-corrected chi connectivity index (χ1v) is 8.82. The number of rotatable bonds is 4. The molecule has 2 fully saturated rings. The van der Waals surface area contributed by atoms with E-state index in [4.69, 9.17) is 4.74 Å². The number of carbonyl (C=O) groups is 1. The number of nitrogens with one attached hydrogen (secondary N) is 1. The Morgan fingerprint density at radius 2 is 1.83 bits per heavy atom. The maximum atomic E-state index is 12.3. The highest BCUT2D eigenvalue weighted by Crippen LogP contribution is 2.50. The van der Waals surface area contributed by atoms with E-state index in [-0.39, 0.29) is 5.97 Å². The van der Waals surface area contributed by atoms with Gasteiger partial charge in [-0.25, -0.2) is 4.79 Å². The molecule has 5 nitrogen and oxygen atoms in total. The smallest absolute Gasteiger partial charge is 0.338 e. The molecule has 1 aromatic carbocycles. The molecular weight excluding hydrogens is 302 g/mol. The Morgan fingerprint density at radius 1 is 1.17 bits per heavy atom. The molecule has 4 rings (SSSR count). The molecule has 1 N–H and O–H groups in total. The van der Waals surface area contributed by atoms with E-state index >= 15 is 0 Å². The van der Waals surface area contributed by atoms with Crippen molar-refractivity contribution in [3.05, 3.63) is 34.5 Å². The molecule has 24 heavy (non-hydrogen) atoms. The Morgan fingerprint density at radius 3 is 2.33 bits per heavy atom. The summed E-state index contributed by atoms with van der Waals surface area (Å²) in [5.74, 6) is 0.881. The van der Waals surface area contributed by atoms with Crippen molar-refractivity contribution in [2.75, 3.05) is 7.11 Å². The maximum absolute atomic E-state index is 12.3. The summed E-state index contributed by atoms with van der Waals surface area (Å²) in [7, 11) is 1.44. The summed E-state index contributed by atoms with van der Waals surface area (Å²) in [6.45, 7) is 2.08. The minimum Gasteiger partial charge on any atom is -0.465 e. The lowest BCUT2D eigenvalue weighted by Crippen LogP contribution is -2.21. The number of ether oxygens (including phenoxy) is 1. The summed E-state index contributed by atoms with van der Waals surface area (Å²) >= 11 is 0. The van der Waals surface area contributed by atoms with E-state index in [1.54, 1.807) is 6.20 Å². The zero-order valence-corrected chi connectivity index (χ0v) is 14.3. The summed E-state index contributed by atoms with van der Waals surface area (Å²) in [5, 5.41) is 11.0. The van der Waals surface area contributed by atoms with Crippen LogP contribution in [-0.4, -0.2) is 28.5 Å². The molecule has 1 heterocycles. The molecule has 2 aliphatic carbocycles. The molecule has 0 atom stereocenters. The van der Waals surface area contributed by atoms with Crippen molar-refractivity contribution in [1.82, 2.24) is 15.4 Å². The molecule has 0 unspecified atom stereocenters. The number of hydrogen-bond acceptors (Lipinski definition) is 4. The van der Waals surface area contributed by atoms with Gasteiger partial charge >= 0.3 is 5.97 Å². The fraction of sp³-hybridized carbons (Fsp3) is 0.526. The van der Waals surface area contributed by atoms with Crippen molar-refractivity contribution < 1.29 is 9.53 Å². The maximum Gasteiger partial charge on any atom is 0.338 e. The van der Waals surface area contributed by atoms with Crippen molar-refractivity contribution in [2.45, 2.75) is 57.3 Å². The van der Waals surface area contributed by atoms with Gasteiger partial charge in [0, 0.05) is 5.56 Å². The van der Waals surface area contributed by atoms with Crippen LogP contribution in [0.4, 0.5) is 0 Å². The van der Waals surface area contributed by atoms with Gasteiger partial charge < -0.3 is 4.74 Å². The quantitative estimate of drug-likeness (QED) is 0.859. The van der Waals surface area contributed by atoms with E-state index in [0.29, 0.717) is 17.4 Å². The zero-order chi connectivity index (χ0) is 16.7. The van der Waals surface area contributed by atoms with Gasteiger partial charge in [-0.3, -0.25) is 0 Å². The number of methoxy groups -OCH3 is 1. The van der Waals surface area contributed by atoms with Crippen molar-refractivity contribution in [1.29, 1.82) is 0 Å². The van der Waals surface area contributed by atoms with Gasteiger partial charge in [0.05, 0.1) is 18.9 Å². The molecule has 0 spiro atoms. The second kappa shape index (κ2) is 6.04. The summed E-state index contributed by atoms with van der Waals surface area (Å²) in [4.78, 5) is 12.3. The Hall–Kier alpha value is -2.17. The number of nitrogens with zero attached hydrogens (tertiary/aromatic N) is 2. The van der Waals surface area contributed by atoms with Crippen molar-refractivity contribution >= 4 is 5.97 Å². The monoisotopic (exact) mass is 325 g/mol. The van der Waals surface area contributed by atoms with Gasteiger partial charge in [-0.2, -0.15) is 15.4 Å². The number of esters is 1. The summed E-state index contributed by atoms with van der Waals surface area (Å²) in [6, 6.07) is 1.97. The molecule has 2 aliphatic rings. The van der Waals surface area contributed by atoms with Crippen LogP contribution in [0, 0.1) is 6.92 Å². The first kappa shape index (κ1) is 15.4. The lowest BCUT2D eigenvalue weighted by molar-refractivity contribution is 0.0599. The van der Waals surface area contributed by atoms with Gasteiger partial charge in [-0.05, 0) is 67.2 Å². The number of aromatic nitrogens is 3. The van der Waals surface area contributed by atoms with E-state index in [0.717, 1.165) is 16.8 Å². The molecule has 0 amide bonds. The van der Waals surface area contributed by atoms with E-state index < -0.39 is 0 Å². The number of hydrogen-bond donors (Lipinski definition) is 1. The minimum absolute atomic E-state index is 0.266. The Labute approximate surface area is 141 Å². The highest BCUT2D eigenvalue weighted by atomic mass is 16.5. The number of benzene rings is 1. The third kappa shape index (κ3) is 2.34. The SMILES string of the molecule is COC(=O)c1cc(-c2cn[nH]n2)c(C2CCC2)c(C2CCC2)c1C. The van der Waals surface area contributed by atoms with E-state index in [2.05, 4.69) is 22.3 Å². The second-order valence-electron chi connectivity index (χ2n) is 7.03. The molecule has 0 radical (unpaired) electrons. The van der Waals surface area contributed by atoms with E-state index in [1.807, 2.05) is 6.07 Å². The molecule has 0 aliphatic heterocycles. The van der Waals surface area contributed by atoms with Crippen LogP contribution in [-0.2, 0) is 4.74 Å². The van der Waals surface area contributed by atoms with Crippen LogP contribution < -0.4 is 0 Å². The summed E-state index contributed by atoms with van der Waals surface area (Å²) in [6.07, 6.45) is 9.18. The predicted molar refractivity (Wildman–Crippen MR) is 91.1 cm³/mol. The predicted octanol–water partition coefficient (Wildman–Crippen LogP) is 4.10. The average molecular weight is 325 g/mol. The fourth-order valence-corrected chi connectivity index (χ4v) is 4.05. The van der Waals surface area contributed by atoms with Crippen LogP contribution in [0.15, 0.2) is 12.3 Å². The molecule has 126 valence electrons. The molecule has 0 saturated heterocycles. The van der Waals surface area contributed by atoms with Crippen LogP contribution in [0.5, 0.6) is 0 Å². The molecule has 0 bridgehead atoms. The van der Waals surface area contributed by atoms with Crippen LogP contribution in [0.3, 0.4) is 0 Å². The number of aromatic amines is 1. The van der Waals surface area contributed by atoms with Gasteiger partial charge in [-0.15, -0.1) is 0 Å². The Bertz CT molecular complexity index is 759. The van der Waals surface area contributed by atoms with E-state index in [9.17, 15) is 4.79 Å². The minimum atomic E-state index is -0.266. The van der Waals surface area contributed by atoms with Crippen molar-refractivity contribution in [2.24, 2.45) is 0 Å². The molecule has 2 aromatic rings. The topological polar surface area (TPSA) is 67.9 Å². The normalized spacial score (nSPS) is 18.1. The lowest BCUT2D eigenvalue weighted by Gasteiger charge is -2.37. The van der Waals surface area contributed by atoms with Gasteiger partial charge in [0.15, 0.2) is 0 Å². The molecule has 1 aromatic heterocycles. The Balaban J connectivity index is 1.97. The number of carbonyl (C=O) groups excluding carboxylic acids is 1. The van der Waals surface area contributed by atoms with Crippen LogP contribution in [0.1, 0.15) is 77.4 Å². The van der Waals surface area contributed by atoms with Gasteiger partial charge in [-0.1, -0.05) is 12.8 Å². The first-order chi connectivity index (χ1) is 11.7. The lowest BCUT2D eigenvalue weighted by atomic mass is 9.68. The summed E-state index contributed by atoms with van der Waals surface area (Å²) < 4.78 is 5.03. The highest BCUT2D eigenvalue weighted by molar-refractivity contribution is 5.94. The highest BCUT2D eigenvalue weighted by Gasteiger charge is 2.34. The fourth-order valence-electron chi connectivity index (χ4n) is 4.05. The molecule has 2 saturated carbocycles. The summed E-state index contributed by atoms with van der Waals surface area (Å²) in [5.41, 5.74) is 6.43. The zero-order valence-electron chi connectivity index (χ0n) is 14.3. The largest absolute Gasteiger partial charge is 0.465 e. The van der Waals surface area contributed by atoms with Crippen molar-refractivity contribution in [3.63, 3.8) is 0 Å².